The van der Waals surface area contributed by atoms with E-state index in [9.17, 15) is 0 Å². The first kappa shape index (κ1) is 10.0. The molecule has 86 valence electrons. The number of nitrogens with zero attached hydrogens (tertiary/aromatic N) is 6. The quantitative estimate of drug-likeness (QED) is 0.700. The Balaban J connectivity index is 1.95. The molecule has 0 spiro atoms. The summed E-state index contributed by atoms with van der Waals surface area (Å²) in [5.41, 5.74) is 0. The minimum atomic E-state index is -0.0544. The van der Waals surface area contributed by atoms with Crippen molar-refractivity contribution in [2.24, 2.45) is 0 Å². The van der Waals surface area contributed by atoms with Gasteiger partial charge in [-0.3, -0.25) is 9.19 Å². The zero-order valence-corrected chi connectivity index (χ0v) is 9.59. The maximum Gasteiger partial charge on any atom is 0.548 e. The molecule has 0 aliphatic carbocycles. The molecule has 0 amide bonds. The van der Waals surface area contributed by atoms with E-state index in [1.54, 1.807) is 12.4 Å². The monoisotopic (exact) mass is 228 g/mol. The van der Waals surface area contributed by atoms with Gasteiger partial charge >= 0.3 is 7.12 Å². The first-order valence-corrected chi connectivity index (χ1v) is 5.47. The van der Waals surface area contributed by atoms with Crippen molar-refractivity contribution in [3.63, 3.8) is 0 Å². The van der Waals surface area contributed by atoms with Gasteiger partial charge in [0, 0.05) is 44.2 Å². The highest BCUT2D eigenvalue weighted by Gasteiger charge is 2.31. The number of hydrogen-bond donors (Lipinski definition) is 0. The van der Waals surface area contributed by atoms with Crippen LogP contribution < -0.4 is 0 Å². The van der Waals surface area contributed by atoms with Gasteiger partial charge in [-0.1, -0.05) is 0 Å². The van der Waals surface area contributed by atoms with Gasteiger partial charge in [-0.2, -0.15) is 10.2 Å². The van der Waals surface area contributed by atoms with Crippen molar-refractivity contribution in [3.05, 3.63) is 49.3 Å². The maximum atomic E-state index is 4.30. The van der Waals surface area contributed by atoms with Crippen LogP contribution in [0.1, 0.15) is 0 Å². The molecule has 0 saturated heterocycles. The molecule has 3 heterocycles. The second-order valence-corrected chi connectivity index (χ2v) is 4.03. The number of rotatable bonds is 3. The van der Waals surface area contributed by atoms with Crippen LogP contribution in [0, 0.1) is 0 Å². The van der Waals surface area contributed by atoms with Crippen molar-refractivity contribution in [1.82, 2.24) is 29.1 Å². The molecule has 0 unspecified atom stereocenters. The molecule has 0 radical (unpaired) electrons. The van der Waals surface area contributed by atoms with Gasteiger partial charge in [0.15, 0.2) is 0 Å². The van der Waals surface area contributed by atoms with Gasteiger partial charge in [0.1, 0.15) is 0 Å². The van der Waals surface area contributed by atoms with E-state index in [-0.39, 0.29) is 7.12 Å². The Morgan fingerprint density at radius 2 is 1.65 bits per heavy atom. The molecule has 0 atom stereocenters. The molecule has 0 bridgehead atoms. The predicted octanol–water partition coefficient (Wildman–Crippen LogP) is 0.137. The summed E-state index contributed by atoms with van der Waals surface area (Å²) in [6.45, 7) is 0.824. The van der Waals surface area contributed by atoms with Gasteiger partial charge in [-0.05, 0) is 12.1 Å². The second kappa shape index (κ2) is 4.01. The lowest BCUT2D eigenvalue weighted by atomic mass is 9.92. The van der Waals surface area contributed by atoms with Crippen LogP contribution in [0.15, 0.2) is 49.3 Å². The van der Waals surface area contributed by atoms with Crippen LogP contribution >= 0.6 is 0 Å². The van der Waals surface area contributed by atoms with Crippen LogP contribution in [-0.2, 0) is 0 Å². The topological polar surface area (TPSA) is 42.1 Å². The van der Waals surface area contributed by atoms with Gasteiger partial charge in [-0.25, -0.2) is 0 Å². The lowest BCUT2D eigenvalue weighted by Gasteiger charge is -2.24. The summed E-state index contributed by atoms with van der Waals surface area (Å²) < 4.78 is 3.77. The largest absolute Gasteiger partial charge is 0.548 e. The molecular weight excluding hydrogens is 215 g/mol. The molecule has 3 rings (SSSR count). The van der Waals surface area contributed by atoms with Crippen LogP contribution in [0.5, 0.6) is 0 Å². The van der Waals surface area contributed by atoms with Crippen molar-refractivity contribution in [3.8, 4) is 0 Å². The Kier molecular flexibility index (Phi) is 2.36. The first-order chi connectivity index (χ1) is 8.34. The zero-order chi connectivity index (χ0) is 11.7. The summed E-state index contributed by atoms with van der Waals surface area (Å²) in [4.78, 5) is 4.28. The normalized spacial score (nSPS) is 14.6. The van der Waals surface area contributed by atoms with E-state index < -0.39 is 0 Å². The van der Waals surface area contributed by atoms with Crippen LogP contribution in [0.3, 0.4) is 0 Å². The van der Waals surface area contributed by atoms with Crippen molar-refractivity contribution in [2.45, 2.75) is 0 Å². The second-order valence-electron chi connectivity index (χ2n) is 4.03. The summed E-state index contributed by atoms with van der Waals surface area (Å²) in [6.07, 6.45) is 11.5. The van der Waals surface area contributed by atoms with Gasteiger partial charge in [0.05, 0.1) is 6.67 Å². The predicted molar refractivity (Wildman–Crippen MR) is 64.6 cm³/mol. The summed E-state index contributed by atoms with van der Waals surface area (Å²) in [7, 11) is 1.99. The van der Waals surface area contributed by atoms with Crippen LogP contribution in [0.2, 0.25) is 0 Å². The molecule has 17 heavy (non-hydrogen) atoms. The van der Waals surface area contributed by atoms with E-state index in [0.717, 1.165) is 6.67 Å². The highest BCUT2D eigenvalue weighted by Crippen LogP contribution is 2.09. The highest BCUT2D eigenvalue weighted by atomic mass is 15.5. The Labute approximate surface area is 99.9 Å². The standard InChI is InChI=1S/C10H13BN6/c1-14-8-9-15(10-14)11(16-6-2-4-12-16)17-7-3-5-13-17/h2-9H,10H2,1H3. The molecule has 0 aromatic carbocycles. The van der Waals surface area contributed by atoms with Gasteiger partial charge in [0.25, 0.3) is 0 Å². The minimum absolute atomic E-state index is 0.0544. The summed E-state index contributed by atoms with van der Waals surface area (Å²) in [5.74, 6) is 0. The molecule has 1 aliphatic heterocycles. The number of aromatic nitrogens is 4. The molecule has 7 heteroatoms. The van der Waals surface area contributed by atoms with E-state index >= 15 is 0 Å². The third-order valence-electron chi connectivity index (χ3n) is 2.72. The fraction of sp³-hybridized carbons (Fsp3) is 0.200. The van der Waals surface area contributed by atoms with Crippen LogP contribution in [-0.4, -0.2) is 49.9 Å². The zero-order valence-electron chi connectivity index (χ0n) is 9.59. The average molecular weight is 228 g/mol. The Morgan fingerprint density at radius 3 is 2.06 bits per heavy atom. The third-order valence-corrected chi connectivity index (χ3v) is 2.72. The number of hydrogen-bond acceptors (Lipinski definition) is 4. The highest BCUT2D eigenvalue weighted by molar-refractivity contribution is 6.52. The Morgan fingerprint density at radius 1 is 1.00 bits per heavy atom. The van der Waals surface area contributed by atoms with E-state index in [2.05, 4.69) is 19.9 Å². The molecule has 0 N–H and O–H groups in total. The molecule has 6 nitrogen and oxygen atoms in total. The Bertz CT molecular complexity index is 457. The van der Waals surface area contributed by atoms with Crippen molar-refractivity contribution in [1.29, 1.82) is 0 Å². The molecular formula is C10H13BN6. The summed E-state index contributed by atoms with van der Waals surface area (Å²) in [5, 5.41) is 8.61. The van der Waals surface area contributed by atoms with Gasteiger partial charge in [0.2, 0.25) is 0 Å². The first-order valence-electron chi connectivity index (χ1n) is 5.47. The van der Waals surface area contributed by atoms with E-state index in [1.807, 2.05) is 53.2 Å². The molecule has 0 saturated carbocycles. The fourth-order valence-corrected chi connectivity index (χ4v) is 1.96. The van der Waals surface area contributed by atoms with Gasteiger partial charge in [-0.15, -0.1) is 0 Å². The third kappa shape index (κ3) is 1.79. The van der Waals surface area contributed by atoms with E-state index in [4.69, 9.17) is 0 Å². The fourth-order valence-electron chi connectivity index (χ4n) is 1.96. The lowest BCUT2D eigenvalue weighted by molar-refractivity contribution is 0.381. The van der Waals surface area contributed by atoms with E-state index in [0.29, 0.717) is 0 Å². The SMILES string of the molecule is CN1C=CN(B(n2cccn2)n2cccn2)C1. The van der Waals surface area contributed by atoms with Crippen molar-refractivity contribution >= 4 is 7.12 Å². The van der Waals surface area contributed by atoms with Crippen molar-refractivity contribution < 1.29 is 0 Å². The Hall–Kier alpha value is -2.18. The smallest absolute Gasteiger partial charge is 0.363 e. The van der Waals surface area contributed by atoms with Crippen LogP contribution in [0.4, 0.5) is 0 Å². The molecule has 2 aromatic heterocycles. The lowest BCUT2D eigenvalue weighted by Crippen LogP contribution is -2.49. The molecule has 1 aliphatic rings. The van der Waals surface area contributed by atoms with Gasteiger partial charge < -0.3 is 9.71 Å². The molecule has 2 aromatic rings. The van der Waals surface area contributed by atoms with Crippen LogP contribution in [0.25, 0.3) is 0 Å². The average Bonchev–Trinajstić information content (AvgIpc) is 3.02. The maximum absolute atomic E-state index is 4.30. The van der Waals surface area contributed by atoms with E-state index in [1.165, 1.54) is 0 Å². The molecule has 0 fully saturated rings. The summed E-state index contributed by atoms with van der Waals surface area (Å²) in [6, 6.07) is 3.83. The summed E-state index contributed by atoms with van der Waals surface area (Å²) >= 11 is 0. The van der Waals surface area contributed by atoms with Crippen molar-refractivity contribution in [2.75, 3.05) is 13.7 Å². The minimum Gasteiger partial charge on any atom is -0.363 e.